The zero-order valence-electron chi connectivity index (χ0n) is 24.0. The summed E-state index contributed by atoms with van der Waals surface area (Å²) in [6, 6.07) is 18.7. The van der Waals surface area contributed by atoms with Gasteiger partial charge in [0.25, 0.3) is 6.43 Å². The molecule has 0 heterocycles. The number of unbranched alkanes of at least 4 members (excludes halogenated alkanes) is 2. The molecule has 0 saturated carbocycles. The van der Waals surface area contributed by atoms with Gasteiger partial charge in [0.05, 0.1) is 5.56 Å². The van der Waals surface area contributed by atoms with Gasteiger partial charge in [-0.25, -0.2) is 22.0 Å². The molecule has 4 aromatic carbocycles. The molecule has 0 atom stereocenters. The highest BCUT2D eigenvalue weighted by Gasteiger charge is 2.23. The summed E-state index contributed by atoms with van der Waals surface area (Å²) in [5, 5.41) is 0. The molecule has 0 N–H and O–H groups in total. The molecule has 0 saturated heterocycles. The summed E-state index contributed by atoms with van der Waals surface area (Å²) in [5.74, 6) is -1.84. The van der Waals surface area contributed by atoms with Crippen molar-refractivity contribution in [3.05, 3.63) is 118 Å². The molecule has 0 aliphatic carbocycles. The third-order valence-electron chi connectivity index (χ3n) is 7.77. The summed E-state index contributed by atoms with van der Waals surface area (Å²) in [4.78, 5) is 0. The van der Waals surface area contributed by atoms with Crippen LogP contribution in [0.5, 0.6) is 0 Å². The van der Waals surface area contributed by atoms with Gasteiger partial charge in [0.15, 0.2) is 0 Å². The molecule has 41 heavy (non-hydrogen) atoms. The first-order valence-electron chi connectivity index (χ1n) is 14.5. The van der Waals surface area contributed by atoms with Gasteiger partial charge in [0.1, 0.15) is 17.5 Å². The molecule has 0 amide bonds. The second kappa shape index (κ2) is 13.9. The highest BCUT2D eigenvalue weighted by atomic mass is 19.3. The Labute approximate surface area is 240 Å². The number of aryl methyl sites for hydroxylation is 4. The third-order valence-corrected chi connectivity index (χ3v) is 7.77. The first-order valence-corrected chi connectivity index (χ1v) is 14.5. The molecule has 216 valence electrons. The van der Waals surface area contributed by atoms with E-state index in [9.17, 15) is 13.2 Å². The van der Waals surface area contributed by atoms with Crippen LogP contribution in [-0.4, -0.2) is 0 Å². The van der Waals surface area contributed by atoms with Crippen LogP contribution in [0.25, 0.3) is 22.3 Å². The van der Waals surface area contributed by atoms with Crippen LogP contribution in [0.15, 0.2) is 66.7 Å². The van der Waals surface area contributed by atoms with Crippen molar-refractivity contribution in [3.63, 3.8) is 0 Å². The van der Waals surface area contributed by atoms with E-state index in [1.807, 2.05) is 31.2 Å². The lowest BCUT2D eigenvalue weighted by molar-refractivity contribution is 0.144. The van der Waals surface area contributed by atoms with Crippen LogP contribution in [-0.2, 0) is 25.7 Å². The Hall–Kier alpha value is -3.47. The van der Waals surface area contributed by atoms with Gasteiger partial charge in [-0.3, -0.25) is 0 Å². The number of rotatable bonds is 12. The van der Waals surface area contributed by atoms with Gasteiger partial charge in [0.2, 0.25) is 0 Å². The van der Waals surface area contributed by atoms with Gasteiger partial charge in [-0.05, 0) is 90.1 Å². The summed E-state index contributed by atoms with van der Waals surface area (Å²) in [6.45, 7) is 5.78. The highest BCUT2D eigenvalue weighted by Crippen LogP contribution is 2.34. The maximum absolute atomic E-state index is 15.2. The lowest BCUT2D eigenvalue weighted by Gasteiger charge is -2.17. The number of halogens is 5. The van der Waals surface area contributed by atoms with E-state index < -0.39 is 29.4 Å². The molecule has 4 rings (SSSR count). The number of hydrogen-bond acceptors (Lipinski definition) is 0. The van der Waals surface area contributed by atoms with E-state index in [2.05, 4.69) is 6.92 Å². The van der Waals surface area contributed by atoms with Gasteiger partial charge < -0.3 is 0 Å². The Morgan fingerprint density at radius 1 is 0.610 bits per heavy atom. The largest absolute Gasteiger partial charge is 0.266 e. The van der Waals surface area contributed by atoms with E-state index in [0.29, 0.717) is 47.1 Å². The number of alkyl halides is 2. The first-order chi connectivity index (χ1) is 19.7. The van der Waals surface area contributed by atoms with Crippen LogP contribution in [0.3, 0.4) is 0 Å². The van der Waals surface area contributed by atoms with Crippen LogP contribution in [0, 0.1) is 24.4 Å². The average molecular weight is 565 g/mol. The van der Waals surface area contributed by atoms with Gasteiger partial charge in [-0.15, -0.1) is 0 Å². The fourth-order valence-corrected chi connectivity index (χ4v) is 5.48. The molecule has 5 heteroatoms. The van der Waals surface area contributed by atoms with Crippen molar-refractivity contribution in [3.8, 4) is 22.3 Å². The summed E-state index contributed by atoms with van der Waals surface area (Å²) in [6.07, 6.45) is 3.24. The van der Waals surface area contributed by atoms with E-state index in [4.69, 9.17) is 0 Å². The summed E-state index contributed by atoms with van der Waals surface area (Å²) in [7, 11) is 0. The van der Waals surface area contributed by atoms with Crippen LogP contribution in [0.4, 0.5) is 22.0 Å². The van der Waals surface area contributed by atoms with Crippen molar-refractivity contribution in [2.24, 2.45) is 0 Å². The maximum Gasteiger partial charge on any atom is 0.266 e. The fraction of sp³-hybridized carbons (Fsp3) is 0.333. The monoisotopic (exact) mass is 564 g/mol. The Balaban J connectivity index is 1.50. The quantitative estimate of drug-likeness (QED) is 0.119. The molecule has 0 aliphatic rings. The van der Waals surface area contributed by atoms with Crippen molar-refractivity contribution < 1.29 is 22.0 Å². The molecule has 0 bridgehead atoms. The second-order valence-electron chi connectivity index (χ2n) is 10.8. The molecule has 0 radical (unpaired) electrons. The van der Waals surface area contributed by atoms with Crippen molar-refractivity contribution in [2.45, 2.75) is 78.6 Å². The lowest BCUT2D eigenvalue weighted by Crippen LogP contribution is -2.07. The Morgan fingerprint density at radius 2 is 1.15 bits per heavy atom. The minimum absolute atomic E-state index is 0.151. The van der Waals surface area contributed by atoms with Crippen molar-refractivity contribution >= 4 is 0 Å². The van der Waals surface area contributed by atoms with E-state index >= 15 is 8.78 Å². The molecule has 4 aromatic rings. The normalized spacial score (nSPS) is 11.4. The lowest BCUT2D eigenvalue weighted by atomic mass is 9.91. The smallest absolute Gasteiger partial charge is 0.206 e. The average Bonchev–Trinajstić information content (AvgIpc) is 2.96. The van der Waals surface area contributed by atoms with Crippen molar-refractivity contribution in [2.75, 3.05) is 0 Å². The van der Waals surface area contributed by atoms with Crippen LogP contribution >= 0.6 is 0 Å². The maximum atomic E-state index is 15.2. The minimum atomic E-state index is -2.90. The summed E-state index contributed by atoms with van der Waals surface area (Å²) in [5.41, 5.74) is 4.33. The molecule has 0 unspecified atom stereocenters. The zero-order valence-corrected chi connectivity index (χ0v) is 24.0. The predicted octanol–water partition coefficient (Wildman–Crippen LogP) is 11.2. The SMILES string of the molecule is CCCCCc1ccc(-c2cc(F)c(-c3ccc(CCc4c(C)cc(CCC)c(F)c4C(F)F)cc3)cc2F)cc1. The molecular formula is C36H37F5. The van der Waals surface area contributed by atoms with Crippen LogP contribution in [0.1, 0.15) is 79.3 Å². The van der Waals surface area contributed by atoms with E-state index in [-0.39, 0.29) is 17.5 Å². The second-order valence-corrected chi connectivity index (χ2v) is 10.8. The fourth-order valence-electron chi connectivity index (χ4n) is 5.48. The summed E-state index contributed by atoms with van der Waals surface area (Å²) < 4.78 is 72.8. The first kappa shape index (κ1) is 30.5. The standard InChI is InChI=1S/C36H37F5/c1-4-6-7-9-24-10-15-26(16-11-24)30-21-33(38)31(22-32(30)37)27-17-12-25(13-18-27)14-19-29-23(3)20-28(8-5-2)35(39)34(29)36(40)41/h10-13,15-18,20-22,36H,4-9,14,19H2,1-3H3. The van der Waals surface area contributed by atoms with Crippen LogP contribution < -0.4 is 0 Å². The molecule has 0 nitrogen and oxygen atoms in total. The zero-order chi connectivity index (χ0) is 29.5. The molecule has 0 aromatic heterocycles. The predicted molar refractivity (Wildman–Crippen MR) is 158 cm³/mol. The number of benzene rings is 4. The van der Waals surface area contributed by atoms with Crippen LogP contribution in [0.2, 0.25) is 0 Å². The Bertz CT molecular complexity index is 1450. The van der Waals surface area contributed by atoms with Crippen molar-refractivity contribution in [1.29, 1.82) is 0 Å². The molecule has 0 aliphatic heterocycles. The summed E-state index contributed by atoms with van der Waals surface area (Å²) >= 11 is 0. The van der Waals surface area contributed by atoms with Gasteiger partial charge in [-0.2, -0.15) is 0 Å². The topological polar surface area (TPSA) is 0 Å². The van der Waals surface area contributed by atoms with E-state index in [1.54, 1.807) is 37.3 Å². The molecular weight excluding hydrogens is 527 g/mol. The molecule has 0 fully saturated rings. The number of hydrogen-bond donors (Lipinski definition) is 0. The van der Waals surface area contributed by atoms with Gasteiger partial charge in [-0.1, -0.05) is 87.7 Å². The Kier molecular flexibility index (Phi) is 10.4. The van der Waals surface area contributed by atoms with E-state index in [1.165, 1.54) is 17.7 Å². The van der Waals surface area contributed by atoms with Gasteiger partial charge in [0, 0.05) is 11.1 Å². The highest BCUT2D eigenvalue weighted by molar-refractivity contribution is 5.72. The van der Waals surface area contributed by atoms with E-state index in [0.717, 1.165) is 31.2 Å². The Morgan fingerprint density at radius 3 is 1.63 bits per heavy atom. The minimum Gasteiger partial charge on any atom is -0.206 e. The van der Waals surface area contributed by atoms with Gasteiger partial charge >= 0.3 is 0 Å². The molecule has 0 spiro atoms. The third kappa shape index (κ3) is 7.25. The van der Waals surface area contributed by atoms with Crippen molar-refractivity contribution in [1.82, 2.24) is 0 Å².